The van der Waals surface area contributed by atoms with Gasteiger partial charge in [-0.2, -0.15) is 13.2 Å². The molecule has 0 unspecified atom stereocenters. The zero-order valence-electron chi connectivity index (χ0n) is 9.01. The van der Waals surface area contributed by atoms with Gasteiger partial charge in [0.25, 0.3) is 0 Å². The molecule has 0 spiro atoms. The highest BCUT2D eigenvalue weighted by atomic mass is 35.5. The molecule has 1 aromatic rings. The fraction of sp³-hybridized carbons (Fsp3) is 0.300. The van der Waals surface area contributed by atoms with E-state index in [0.29, 0.717) is 11.5 Å². The summed E-state index contributed by atoms with van der Waals surface area (Å²) in [7, 11) is 2.77. The van der Waals surface area contributed by atoms with Crippen LogP contribution in [0.4, 0.5) is 18.9 Å². The Labute approximate surface area is 101 Å². The molecule has 0 atom stereocenters. The van der Waals surface area contributed by atoms with Gasteiger partial charge in [-0.15, -0.1) is 0 Å². The quantitative estimate of drug-likeness (QED) is 0.785. The summed E-state index contributed by atoms with van der Waals surface area (Å²) in [6.45, 7) is 0. The highest BCUT2D eigenvalue weighted by Crippen LogP contribution is 2.30. The third-order valence-electron chi connectivity index (χ3n) is 1.80. The zero-order valence-corrected chi connectivity index (χ0v) is 9.76. The van der Waals surface area contributed by atoms with Gasteiger partial charge in [-0.05, 0) is 0 Å². The van der Waals surface area contributed by atoms with Gasteiger partial charge in [0.15, 0.2) is 0 Å². The third-order valence-corrected chi connectivity index (χ3v) is 2.10. The van der Waals surface area contributed by atoms with Crippen LogP contribution in [0, 0.1) is 0 Å². The number of nitrogens with zero attached hydrogens (tertiary/aromatic N) is 1. The molecular formula is C10H9ClF3NO2. The highest BCUT2D eigenvalue weighted by molar-refractivity contribution is 6.67. The van der Waals surface area contributed by atoms with Gasteiger partial charge < -0.3 is 9.47 Å². The van der Waals surface area contributed by atoms with E-state index in [9.17, 15) is 13.2 Å². The molecule has 0 radical (unpaired) electrons. The minimum absolute atomic E-state index is 0.00326. The van der Waals surface area contributed by atoms with Crippen LogP contribution in [0.25, 0.3) is 0 Å². The lowest BCUT2D eigenvalue weighted by atomic mass is 10.3. The number of ether oxygens (including phenoxy) is 2. The highest BCUT2D eigenvalue weighted by Gasteiger charge is 2.34. The predicted octanol–water partition coefficient (Wildman–Crippen LogP) is 3.53. The monoisotopic (exact) mass is 267 g/mol. The van der Waals surface area contributed by atoms with Crippen molar-refractivity contribution in [2.45, 2.75) is 6.18 Å². The fourth-order valence-electron chi connectivity index (χ4n) is 1.03. The molecule has 17 heavy (non-hydrogen) atoms. The molecule has 0 aliphatic rings. The number of methoxy groups -OCH3 is 2. The van der Waals surface area contributed by atoms with E-state index < -0.39 is 11.3 Å². The molecular weight excluding hydrogens is 259 g/mol. The van der Waals surface area contributed by atoms with Gasteiger partial charge >= 0.3 is 6.18 Å². The van der Waals surface area contributed by atoms with Crippen molar-refractivity contribution in [1.29, 1.82) is 0 Å². The van der Waals surface area contributed by atoms with E-state index >= 15 is 0 Å². The van der Waals surface area contributed by atoms with Crippen molar-refractivity contribution in [2.75, 3.05) is 14.2 Å². The Hall–Kier alpha value is -1.43. The fourth-order valence-corrected chi connectivity index (χ4v) is 1.13. The van der Waals surface area contributed by atoms with Gasteiger partial charge in [-0.3, -0.25) is 0 Å². The Morgan fingerprint density at radius 3 is 1.94 bits per heavy atom. The average molecular weight is 268 g/mol. The van der Waals surface area contributed by atoms with Crippen LogP contribution in [-0.2, 0) is 0 Å². The molecule has 94 valence electrons. The number of aliphatic imine (C=N–C) groups is 1. The number of benzene rings is 1. The zero-order chi connectivity index (χ0) is 13.1. The van der Waals surface area contributed by atoms with Crippen molar-refractivity contribution in [1.82, 2.24) is 0 Å². The van der Waals surface area contributed by atoms with Gasteiger partial charge in [0.2, 0.25) is 5.17 Å². The van der Waals surface area contributed by atoms with Crippen molar-refractivity contribution >= 4 is 22.5 Å². The molecule has 0 fully saturated rings. The lowest BCUT2D eigenvalue weighted by molar-refractivity contribution is -0.0558. The van der Waals surface area contributed by atoms with Gasteiger partial charge in [0, 0.05) is 18.2 Å². The molecule has 1 aromatic carbocycles. The Kier molecular flexibility index (Phi) is 4.22. The average Bonchev–Trinajstić information content (AvgIpc) is 2.27. The van der Waals surface area contributed by atoms with Crippen LogP contribution in [0.5, 0.6) is 11.5 Å². The number of hydrogen-bond donors (Lipinski definition) is 0. The number of halogens is 4. The first-order valence-electron chi connectivity index (χ1n) is 4.41. The van der Waals surface area contributed by atoms with E-state index in [0.717, 1.165) is 0 Å². The van der Waals surface area contributed by atoms with Crippen LogP contribution < -0.4 is 9.47 Å². The molecule has 0 aromatic heterocycles. The molecule has 0 saturated heterocycles. The van der Waals surface area contributed by atoms with Crippen LogP contribution in [0.15, 0.2) is 23.2 Å². The SMILES string of the molecule is COc1cc(N=C(Cl)C(F)(F)F)cc(OC)c1. The van der Waals surface area contributed by atoms with Crippen molar-refractivity contribution in [3.05, 3.63) is 18.2 Å². The van der Waals surface area contributed by atoms with Gasteiger partial charge in [-0.25, -0.2) is 4.99 Å². The van der Waals surface area contributed by atoms with Crippen LogP contribution in [0.2, 0.25) is 0 Å². The summed E-state index contributed by atoms with van der Waals surface area (Å²) in [4.78, 5) is 3.24. The Morgan fingerprint density at radius 2 is 1.59 bits per heavy atom. The molecule has 1 rings (SSSR count). The summed E-state index contributed by atoms with van der Waals surface area (Å²) in [6.07, 6.45) is -4.67. The van der Waals surface area contributed by atoms with E-state index in [4.69, 9.17) is 21.1 Å². The molecule has 7 heteroatoms. The lowest BCUT2D eigenvalue weighted by Gasteiger charge is -2.07. The van der Waals surface area contributed by atoms with Crippen LogP contribution >= 0.6 is 11.6 Å². The van der Waals surface area contributed by atoms with E-state index in [-0.39, 0.29) is 5.69 Å². The molecule has 0 N–H and O–H groups in total. The topological polar surface area (TPSA) is 30.8 Å². The minimum Gasteiger partial charge on any atom is -0.497 e. The van der Waals surface area contributed by atoms with Crippen LogP contribution in [0.3, 0.4) is 0 Å². The Morgan fingerprint density at radius 1 is 1.12 bits per heavy atom. The first-order chi connectivity index (χ1) is 7.86. The summed E-state index contributed by atoms with van der Waals surface area (Å²) in [5, 5.41) is -1.45. The molecule has 0 aliphatic carbocycles. The Balaban J connectivity index is 3.14. The van der Waals surface area contributed by atoms with E-state index in [1.807, 2.05) is 0 Å². The molecule has 0 aliphatic heterocycles. The van der Waals surface area contributed by atoms with E-state index in [1.54, 1.807) is 0 Å². The minimum atomic E-state index is -4.67. The smallest absolute Gasteiger partial charge is 0.444 e. The first-order valence-corrected chi connectivity index (χ1v) is 4.79. The second kappa shape index (κ2) is 5.27. The van der Waals surface area contributed by atoms with Crippen molar-refractivity contribution in [3.63, 3.8) is 0 Å². The van der Waals surface area contributed by atoms with Crippen molar-refractivity contribution < 1.29 is 22.6 Å². The van der Waals surface area contributed by atoms with Gasteiger partial charge in [-0.1, -0.05) is 11.6 Å². The molecule has 0 heterocycles. The second-order valence-corrected chi connectivity index (χ2v) is 3.33. The third kappa shape index (κ3) is 3.81. The van der Waals surface area contributed by atoms with Gasteiger partial charge in [0.05, 0.1) is 19.9 Å². The largest absolute Gasteiger partial charge is 0.497 e. The number of hydrogen-bond acceptors (Lipinski definition) is 3. The standard InChI is InChI=1S/C10H9ClF3NO2/c1-16-7-3-6(4-8(5-7)17-2)15-9(11)10(12,13)14/h3-5H,1-2H3. The van der Waals surface area contributed by atoms with E-state index in [2.05, 4.69) is 4.99 Å². The maximum Gasteiger partial charge on any atom is 0.444 e. The lowest BCUT2D eigenvalue weighted by Crippen LogP contribution is -2.16. The maximum absolute atomic E-state index is 12.2. The summed E-state index contributed by atoms with van der Waals surface area (Å²) in [5.41, 5.74) is 0.00326. The maximum atomic E-state index is 12.2. The molecule has 0 amide bonds. The van der Waals surface area contributed by atoms with Crippen molar-refractivity contribution in [2.24, 2.45) is 4.99 Å². The Bertz CT molecular complexity index is 410. The first kappa shape index (κ1) is 13.6. The normalized spacial score (nSPS) is 12.5. The summed E-state index contributed by atoms with van der Waals surface area (Å²) < 4.78 is 46.3. The number of alkyl halides is 3. The molecule has 0 bridgehead atoms. The summed E-state index contributed by atoms with van der Waals surface area (Å²) in [6, 6.07) is 4.15. The van der Waals surface area contributed by atoms with Gasteiger partial charge in [0.1, 0.15) is 11.5 Å². The summed E-state index contributed by atoms with van der Waals surface area (Å²) in [5.74, 6) is 0.657. The molecule has 0 saturated carbocycles. The van der Waals surface area contributed by atoms with E-state index in [1.165, 1.54) is 32.4 Å². The predicted molar refractivity (Wildman–Crippen MR) is 58.5 cm³/mol. The number of rotatable bonds is 3. The van der Waals surface area contributed by atoms with Crippen LogP contribution in [-0.4, -0.2) is 25.6 Å². The second-order valence-electron chi connectivity index (χ2n) is 2.97. The van der Waals surface area contributed by atoms with Crippen molar-refractivity contribution in [3.8, 4) is 11.5 Å². The molecule has 3 nitrogen and oxygen atoms in total. The summed E-state index contributed by atoms with van der Waals surface area (Å²) >= 11 is 5.03. The van der Waals surface area contributed by atoms with Crippen LogP contribution in [0.1, 0.15) is 0 Å².